The van der Waals surface area contributed by atoms with Crippen molar-refractivity contribution in [3.63, 3.8) is 0 Å². The largest absolute Gasteiger partial charge is 0.330 e. The van der Waals surface area contributed by atoms with E-state index < -0.39 is 5.54 Å². The van der Waals surface area contributed by atoms with Crippen LogP contribution in [0.1, 0.15) is 38.5 Å². The lowest BCUT2D eigenvalue weighted by atomic mass is 9.97. The molecule has 3 nitrogen and oxygen atoms in total. The van der Waals surface area contributed by atoms with Gasteiger partial charge in [0, 0.05) is 6.54 Å². The molecule has 2 fully saturated rings. The molecule has 0 saturated heterocycles. The average Bonchev–Trinajstić information content (AvgIpc) is 2.97. The molecule has 1 amide bonds. The first-order valence-electron chi connectivity index (χ1n) is 6.17. The lowest BCUT2D eigenvalue weighted by molar-refractivity contribution is -0.136. The van der Waals surface area contributed by atoms with Crippen molar-refractivity contribution < 1.29 is 4.79 Å². The van der Waals surface area contributed by atoms with Gasteiger partial charge in [0.2, 0.25) is 5.91 Å². The summed E-state index contributed by atoms with van der Waals surface area (Å²) in [4.78, 5) is 14.1. The van der Waals surface area contributed by atoms with E-state index in [4.69, 9.17) is 12.2 Å². The number of amides is 1. The summed E-state index contributed by atoms with van der Waals surface area (Å²) in [5.74, 6) is 3.32. The quantitative estimate of drug-likeness (QED) is 0.722. The van der Waals surface area contributed by atoms with Gasteiger partial charge in [0.1, 0.15) is 0 Å². The molecule has 0 aromatic heterocycles. The van der Waals surface area contributed by atoms with Crippen molar-refractivity contribution in [3.05, 3.63) is 0 Å². The van der Waals surface area contributed by atoms with Crippen molar-refractivity contribution in [2.24, 2.45) is 11.7 Å². The molecule has 88 valence electrons. The third-order valence-corrected chi connectivity index (χ3v) is 3.67. The molecular formula is C13H20N2O. The second-order valence-electron chi connectivity index (χ2n) is 5.20. The second-order valence-corrected chi connectivity index (χ2v) is 5.20. The molecule has 3 heteroatoms. The van der Waals surface area contributed by atoms with E-state index in [1.807, 2.05) is 0 Å². The summed E-state index contributed by atoms with van der Waals surface area (Å²) in [5.41, 5.74) is 5.55. The Balaban J connectivity index is 2.00. The Hall–Kier alpha value is -1.01. The van der Waals surface area contributed by atoms with Crippen molar-refractivity contribution in [1.82, 2.24) is 4.90 Å². The van der Waals surface area contributed by atoms with Crippen LogP contribution in [0.2, 0.25) is 0 Å². The fourth-order valence-electron chi connectivity index (χ4n) is 2.48. The van der Waals surface area contributed by atoms with E-state index in [0.29, 0.717) is 12.5 Å². The monoisotopic (exact) mass is 220 g/mol. The third kappa shape index (κ3) is 2.38. The van der Waals surface area contributed by atoms with Crippen LogP contribution in [0.3, 0.4) is 0 Å². The molecule has 0 aromatic carbocycles. The maximum absolute atomic E-state index is 12.3. The van der Waals surface area contributed by atoms with Crippen molar-refractivity contribution in [2.75, 3.05) is 13.1 Å². The lowest BCUT2D eigenvalue weighted by Gasteiger charge is -2.30. The molecule has 0 spiro atoms. The summed E-state index contributed by atoms with van der Waals surface area (Å²) in [6.45, 7) is 1.22. The molecule has 2 rings (SSSR count). The molecule has 2 saturated carbocycles. The number of nitrogens with two attached hydrogens (primary N) is 1. The van der Waals surface area contributed by atoms with Crippen LogP contribution in [0.25, 0.3) is 0 Å². The molecule has 0 bridgehead atoms. The fourth-order valence-corrected chi connectivity index (χ4v) is 2.48. The lowest BCUT2D eigenvalue weighted by Crippen LogP contribution is -2.54. The Morgan fingerprint density at radius 2 is 2.06 bits per heavy atom. The SMILES string of the molecule is C#CCN(CC1CC1)C(=O)C1(N)CCCC1. The maximum atomic E-state index is 12.3. The summed E-state index contributed by atoms with van der Waals surface area (Å²) in [7, 11) is 0. The summed E-state index contributed by atoms with van der Waals surface area (Å²) in [5, 5.41) is 0. The Morgan fingerprint density at radius 1 is 1.44 bits per heavy atom. The van der Waals surface area contributed by atoms with Gasteiger partial charge < -0.3 is 10.6 Å². The van der Waals surface area contributed by atoms with Crippen molar-refractivity contribution in [2.45, 2.75) is 44.1 Å². The average molecular weight is 220 g/mol. The van der Waals surface area contributed by atoms with Crippen LogP contribution in [-0.4, -0.2) is 29.4 Å². The standard InChI is InChI=1S/C13H20N2O/c1-2-9-15(10-11-5-6-11)12(16)13(14)7-3-4-8-13/h1,11H,3-10,14H2. The summed E-state index contributed by atoms with van der Waals surface area (Å²) in [6.07, 6.45) is 11.5. The molecule has 16 heavy (non-hydrogen) atoms. The van der Waals surface area contributed by atoms with Crippen LogP contribution < -0.4 is 5.73 Å². The van der Waals surface area contributed by atoms with E-state index in [2.05, 4.69) is 5.92 Å². The zero-order valence-electron chi connectivity index (χ0n) is 9.74. The highest BCUT2D eigenvalue weighted by Gasteiger charge is 2.40. The van der Waals surface area contributed by atoms with Crippen LogP contribution in [0, 0.1) is 18.3 Å². The number of hydrogen-bond acceptors (Lipinski definition) is 2. The molecule has 2 aliphatic carbocycles. The number of rotatable bonds is 4. The number of carbonyl (C=O) groups excluding carboxylic acids is 1. The highest BCUT2D eigenvalue weighted by Crippen LogP contribution is 2.33. The number of terminal acetylenes is 1. The topological polar surface area (TPSA) is 46.3 Å². The number of nitrogens with zero attached hydrogens (tertiary/aromatic N) is 1. The van der Waals surface area contributed by atoms with Gasteiger partial charge in [0.05, 0.1) is 12.1 Å². The zero-order valence-corrected chi connectivity index (χ0v) is 9.74. The molecule has 0 heterocycles. The predicted octanol–water partition coefficient (Wildman–Crippen LogP) is 1.13. The van der Waals surface area contributed by atoms with Crippen LogP contribution in [0.15, 0.2) is 0 Å². The summed E-state index contributed by atoms with van der Waals surface area (Å²) >= 11 is 0. The Bertz CT molecular complexity index is 308. The first kappa shape index (κ1) is 11.5. The number of hydrogen-bond donors (Lipinski definition) is 1. The van der Waals surface area contributed by atoms with E-state index in [-0.39, 0.29) is 5.91 Å². The van der Waals surface area contributed by atoms with Gasteiger partial charge in [-0.25, -0.2) is 0 Å². The van der Waals surface area contributed by atoms with Gasteiger partial charge in [0.25, 0.3) is 0 Å². The Labute approximate surface area is 97.4 Å². The van der Waals surface area contributed by atoms with Crippen molar-refractivity contribution in [1.29, 1.82) is 0 Å². The van der Waals surface area contributed by atoms with E-state index in [1.54, 1.807) is 4.90 Å². The zero-order chi connectivity index (χ0) is 11.6. The minimum atomic E-state index is -0.619. The van der Waals surface area contributed by atoms with Crippen molar-refractivity contribution >= 4 is 5.91 Å². The van der Waals surface area contributed by atoms with E-state index in [0.717, 1.165) is 32.2 Å². The van der Waals surface area contributed by atoms with E-state index >= 15 is 0 Å². The molecular weight excluding hydrogens is 200 g/mol. The fraction of sp³-hybridized carbons (Fsp3) is 0.769. The highest BCUT2D eigenvalue weighted by atomic mass is 16.2. The molecule has 0 atom stereocenters. The van der Waals surface area contributed by atoms with Gasteiger partial charge in [-0.3, -0.25) is 4.79 Å². The first-order valence-corrected chi connectivity index (χ1v) is 6.17. The van der Waals surface area contributed by atoms with Gasteiger partial charge in [-0.05, 0) is 31.6 Å². The molecule has 2 N–H and O–H groups in total. The Kier molecular flexibility index (Phi) is 3.20. The van der Waals surface area contributed by atoms with Crippen LogP contribution in [0.4, 0.5) is 0 Å². The van der Waals surface area contributed by atoms with Gasteiger partial charge >= 0.3 is 0 Å². The molecule has 0 radical (unpaired) electrons. The molecule has 0 unspecified atom stereocenters. The normalized spacial score (nSPS) is 22.8. The Morgan fingerprint density at radius 3 is 2.56 bits per heavy atom. The van der Waals surface area contributed by atoms with Crippen LogP contribution in [-0.2, 0) is 4.79 Å². The van der Waals surface area contributed by atoms with Gasteiger partial charge in [0.15, 0.2) is 0 Å². The third-order valence-electron chi connectivity index (χ3n) is 3.67. The van der Waals surface area contributed by atoms with Crippen LogP contribution in [0.5, 0.6) is 0 Å². The van der Waals surface area contributed by atoms with Crippen LogP contribution >= 0.6 is 0 Å². The van der Waals surface area contributed by atoms with Gasteiger partial charge in [-0.15, -0.1) is 6.42 Å². The molecule has 0 aromatic rings. The first-order chi connectivity index (χ1) is 7.65. The van der Waals surface area contributed by atoms with E-state index in [1.165, 1.54) is 12.8 Å². The summed E-state index contributed by atoms with van der Waals surface area (Å²) in [6, 6.07) is 0. The number of carbonyl (C=O) groups is 1. The smallest absolute Gasteiger partial charge is 0.243 e. The highest BCUT2D eigenvalue weighted by molar-refractivity contribution is 5.86. The van der Waals surface area contributed by atoms with Gasteiger partial charge in [-0.2, -0.15) is 0 Å². The molecule has 2 aliphatic rings. The molecule has 0 aliphatic heterocycles. The second kappa shape index (κ2) is 4.47. The maximum Gasteiger partial charge on any atom is 0.243 e. The van der Waals surface area contributed by atoms with Crippen molar-refractivity contribution in [3.8, 4) is 12.3 Å². The van der Waals surface area contributed by atoms with Gasteiger partial charge in [-0.1, -0.05) is 18.8 Å². The minimum absolute atomic E-state index is 0.0786. The summed E-state index contributed by atoms with van der Waals surface area (Å²) < 4.78 is 0. The minimum Gasteiger partial charge on any atom is -0.330 e. The van der Waals surface area contributed by atoms with E-state index in [9.17, 15) is 4.79 Å². The predicted molar refractivity (Wildman–Crippen MR) is 63.5 cm³/mol.